The van der Waals surface area contributed by atoms with Crippen LogP contribution in [0.25, 0.3) is 0 Å². The van der Waals surface area contributed by atoms with Crippen molar-refractivity contribution in [3.05, 3.63) is 58.4 Å². The number of hydrogen-bond acceptors (Lipinski definition) is 3. The molecular weight excluding hydrogens is 359 g/mol. The highest BCUT2D eigenvalue weighted by Crippen LogP contribution is 2.33. The van der Waals surface area contributed by atoms with Crippen molar-refractivity contribution < 1.29 is 23.6 Å². The van der Waals surface area contributed by atoms with Crippen LogP contribution in [0.2, 0.25) is 5.02 Å². The minimum Gasteiger partial charge on any atom is -0.454 e. The van der Waals surface area contributed by atoms with Crippen molar-refractivity contribution in [1.29, 1.82) is 0 Å². The van der Waals surface area contributed by atoms with Gasteiger partial charge in [-0.3, -0.25) is 4.79 Å². The third-order valence-corrected chi connectivity index (χ3v) is 4.40. The van der Waals surface area contributed by atoms with Crippen molar-refractivity contribution in [2.75, 3.05) is 27.4 Å². The highest BCUT2D eigenvalue weighted by Gasteiger charge is 2.20. The molecule has 0 atom stereocenters. The van der Waals surface area contributed by atoms with Gasteiger partial charge in [-0.25, -0.2) is 4.39 Å². The molecule has 3 rings (SSSR count). The van der Waals surface area contributed by atoms with Crippen LogP contribution in [0.1, 0.15) is 11.1 Å². The van der Waals surface area contributed by atoms with Crippen molar-refractivity contribution in [2.45, 2.75) is 13.1 Å². The number of nitrogens with zero attached hydrogens (tertiary/aromatic N) is 1. The lowest BCUT2D eigenvalue weighted by Gasteiger charge is -2.24. The molecule has 0 bridgehead atoms. The second-order valence-corrected chi connectivity index (χ2v) is 6.96. The minimum atomic E-state index is -0.398. The smallest absolute Gasteiger partial charge is 0.278 e. The summed E-state index contributed by atoms with van der Waals surface area (Å²) in [5.41, 5.74) is 1.63. The van der Waals surface area contributed by atoms with Gasteiger partial charge >= 0.3 is 0 Å². The van der Waals surface area contributed by atoms with Gasteiger partial charge in [0.15, 0.2) is 18.0 Å². The van der Waals surface area contributed by atoms with E-state index in [-0.39, 0.29) is 12.7 Å². The molecule has 2 aromatic rings. The van der Waals surface area contributed by atoms with Gasteiger partial charge in [0.05, 0.1) is 14.1 Å². The Balaban J connectivity index is 1.82. The lowest BCUT2D eigenvalue weighted by molar-refractivity contribution is -0.849. The summed E-state index contributed by atoms with van der Waals surface area (Å²) in [6.45, 7) is 1.26. The molecule has 26 heavy (non-hydrogen) atoms. The van der Waals surface area contributed by atoms with Crippen molar-refractivity contribution in [3.63, 3.8) is 0 Å². The van der Waals surface area contributed by atoms with E-state index in [1.807, 2.05) is 32.3 Å². The van der Waals surface area contributed by atoms with E-state index in [1.165, 1.54) is 12.1 Å². The first-order chi connectivity index (χ1) is 12.4. The fraction of sp³-hybridized carbons (Fsp3) is 0.316. The fourth-order valence-electron chi connectivity index (χ4n) is 2.76. The normalized spacial score (nSPS) is 12.5. The van der Waals surface area contributed by atoms with Crippen LogP contribution in [-0.2, 0) is 17.9 Å². The van der Waals surface area contributed by atoms with E-state index in [0.29, 0.717) is 41.7 Å². The number of ether oxygens (including phenoxy) is 2. The van der Waals surface area contributed by atoms with E-state index in [4.69, 9.17) is 21.1 Å². The number of nitrogens with one attached hydrogen (secondary N) is 1. The molecule has 0 aliphatic carbocycles. The number of amides is 1. The third kappa shape index (κ3) is 4.45. The zero-order chi connectivity index (χ0) is 18.7. The summed E-state index contributed by atoms with van der Waals surface area (Å²) in [5, 5.41) is 0.311. The summed E-state index contributed by atoms with van der Waals surface area (Å²) >= 11 is 6.14. The van der Waals surface area contributed by atoms with Gasteiger partial charge in [0.25, 0.3) is 5.91 Å². The van der Waals surface area contributed by atoms with E-state index in [2.05, 4.69) is 0 Å². The van der Waals surface area contributed by atoms with Gasteiger partial charge in [0.2, 0.25) is 6.79 Å². The Morgan fingerprint density at radius 3 is 2.65 bits per heavy atom. The van der Waals surface area contributed by atoms with Crippen LogP contribution < -0.4 is 14.4 Å². The van der Waals surface area contributed by atoms with Gasteiger partial charge < -0.3 is 19.3 Å². The number of rotatable bonds is 6. The van der Waals surface area contributed by atoms with Crippen LogP contribution in [0.3, 0.4) is 0 Å². The predicted octanol–water partition coefficient (Wildman–Crippen LogP) is 1.88. The lowest BCUT2D eigenvalue weighted by Crippen LogP contribution is -3.07. The van der Waals surface area contributed by atoms with Gasteiger partial charge in [0, 0.05) is 18.1 Å². The molecule has 7 heteroatoms. The molecule has 5 nitrogen and oxygen atoms in total. The maximum atomic E-state index is 13.3. The summed E-state index contributed by atoms with van der Waals surface area (Å²) in [4.78, 5) is 15.4. The van der Waals surface area contributed by atoms with Gasteiger partial charge in [-0.15, -0.1) is 0 Å². The third-order valence-electron chi connectivity index (χ3n) is 4.04. The van der Waals surface area contributed by atoms with E-state index < -0.39 is 5.82 Å². The highest BCUT2D eigenvalue weighted by molar-refractivity contribution is 6.31. The number of fused-ring (bicyclic) bond motifs is 1. The number of hydrogen-bond donors (Lipinski definition) is 1. The first kappa shape index (κ1) is 18.5. The van der Waals surface area contributed by atoms with E-state index in [0.717, 1.165) is 10.5 Å². The largest absolute Gasteiger partial charge is 0.454 e. The standard InChI is InChI=1S/C19H20ClFN2O3/c1-22(2)11-19(24)23(10-14-4-5-15(21)8-16(14)20)9-13-3-6-17-18(7-13)26-12-25-17/h3-8H,9-12H2,1-2H3/p+1. The van der Waals surface area contributed by atoms with E-state index >= 15 is 0 Å². The van der Waals surface area contributed by atoms with Gasteiger partial charge in [-0.05, 0) is 35.4 Å². The summed E-state index contributed by atoms with van der Waals surface area (Å²) in [6, 6.07) is 9.83. The summed E-state index contributed by atoms with van der Waals surface area (Å²) in [6.07, 6.45) is 0. The number of benzene rings is 2. The number of likely N-dealkylation sites (N-methyl/N-ethyl adjacent to an activating group) is 1. The van der Waals surface area contributed by atoms with Crippen LogP contribution in [0, 0.1) is 5.82 Å². The highest BCUT2D eigenvalue weighted by atomic mass is 35.5. The maximum absolute atomic E-state index is 13.3. The summed E-state index contributed by atoms with van der Waals surface area (Å²) < 4.78 is 24.0. The Morgan fingerprint density at radius 1 is 1.15 bits per heavy atom. The first-order valence-corrected chi connectivity index (χ1v) is 8.69. The molecule has 1 heterocycles. The van der Waals surface area contributed by atoms with Crippen LogP contribution >= 0.6 is 11.6 Å². The van der Waals surface area contributed by atoms with E-state index in [9.17, 15) is 9.18 Å². The van der Waals surface area contributed by atoms with Crippen LogP contribution in [-0.4, -0.2) is 38.2 Å². The Bertz CT molecular complexity index is 813. The molecule has 0 spiro atoms. The first-order valence-electron chi connectivity index (χ1n) is 8.31. The van der Waals surface area contributed by atoms with Crippen molar-refractivity contribution >= 4 is 17.5 Å². The minimum absolute atomic E-state index is 0.0111. The Hall–Kier alpha value is -2.31. The zero-order valence-corrected chi connectivity index (χ0v) is 15.5. The zero-order valence-electron chi connectivity index (χ0n) is 14.7. The molecule has 1 amide bonds. The molecule has 2 aromatic carbocycles. The molecule has 1 aliphatic heterocycles. The van der Waals surface area contributed by atoms with Crippen molar-refractivity contribution in [1.82, 2.24) is 4.90 Å². The van der Waals surface area contributed by atoms with Crippen LogP contribution in [0.4, 0.5) is 4.39 Å². The SMILES string of the molecule is C[NH+](C)CC(=O)N(Cc1ccc2c(c1)OCO2)Cc1ccc(F)cc1Cl. The second-order valence-electron chi connectivity index (χ2n) is 6.56. The topological polar surface area (TPSA) is 43.2 Å². The number of halogens is 2. The molecule has 0 fully saturated rings. The van der Waals surface area contributed by atoms with Crippen molar-refractivity contribution in [3.8, 4) is 11.5 Å². The average Bonchev–Trinajstić information content (AvgIpc) is 3.03. The molecule has 0 radical (unpaired) electrons. The van der Waals surface area contributed by atoms with Crippen LogP contribution in [0.5, 0.6) is 11.5 Å². The van der Waals surface area contributed by atoms with Crippen LogP contribution in [0.15, 0.2) is 36.4 Å². The van der Waals surface area contributed by atoms with Gasteiger partial charge in [-0.1, -0.05) is 23.7 Å². The van der Waals surface area contributed by atoms with Gasteiger partial charge in [-0.2, -0.15) is 0 Å². The number of carbonyl (C=O) groups excluding carboxylic acids is 1. The Labute approximate surface area is 156 Å². The molecular formula is C19H21ClFN2O3+. The van der Waals surface area contributed by atoms with Crippen molar-refractivity contribution in [2.24, 2.45) is 0 Å². The summed E-state index contributed by atoms with van der Waals surface area (Å²) in [5.74, 6) is 0.965. The average molecular weight is 380 g/mol. The quantitative estimate of drug-likeness (QED) is 0.833. The molecule has 0 aromatic heterocycles. The predicted molar refractivity (Wildman–Crippen MR) is 95.9 cm³/mol. The number of quaternary nitrogens is 1. The van der Waals surface area contributed by atoms with E-state index in [1.54, 1.807) is 11.0 Å². The molecule has 1 N–H and O–H groups in total. The van der Waals surface area contributed by atoms with Gasteiger partial charge in [0.1, 0.15) is 5.82 Å². The monoisotopic (exact) mass is 379 g/mol. The molecule has 138 valence electrons. The Kier molecular flexibility index (Phi) is 5.64. The number of carbonyl (C=O) groups is 1. The lowest BCUT2D eigenvalue weighted by atomic mass is 10.1. The maximum Gasteiger partial charge on any atom is 0.278 e. The Morgan fingerprint density at radius 2 is 1.92 bits per heavy atom. The summed E-state index contributed by atoms with van der Waals surface area (Å²) in [7, 11) is 3.84. The molecule has 0 saturated heterocycles. The molecule has 0 saturated carbocycles. The molecule has 0 unspecified atom stereocenters. The second kappa shape index (κ2) is 7.93. The molecule has 1 aliphatic rings. The fourth-order valence-corrected chi connectivity index (χ4v) is 2.99.